The molecule has 104 valence electrons. The quantitative estimate of drug-likeness (QED) is 0.805. The molecule has 0 aliphatic carbocycles. The number of rotatable bonds is 3. The lowest BCUT2D eigenvalue weighted by atomic mass is 10.3. The van der Waals surface area contributed by atoms with Gasteiger partial charge in [-0.25, -0.2) is 4.98 Å². The molecule has 0 bridgehead atoms. The van der Waals surface area contributed by atoms with Gasteiger partial charge in [-0.15, -0.1) is 0 Å². The molecule has 2 aromatic rings. The van der Waals surface area contributed by atoms with Crippen LogP contribution in [0, 0.1) is 5.95 Å². The summed E-state index contributed by atoms with van der Waals surface area (Å²) in [4.78, 5) is 17.8. The number of aromatic nitrogens is 2. The zero-order chi connectivity index (χ0) is 14.5. The Morgan fingerprint density at radius 3 is 2.75 bits per heavy atom. The van der Waals surface area contributed by atoms with Crippen LogP contribution in [0.25, 0.3) is 0 Å². The highest BCUT2D eigenvalue weighted by atomic mass is 19.3. The third kappa shape index (κ3) is 3.53. The minimum absolute atomic E-state index is 0.0992. The molecule has 0 N–H and O–H groups in total. The van der Waals surface area contributed by atoms with E-state index in [1.165, 1.54) is 29.0 Å². The highest BCUT2D eigenvalue weighted by molar-refractivity contribution is 5.79. The first-order chi connectivity index (χ1) is 9.56. The van der Waals surface area contributed by atoms with Crippen molar-refractivity contribution in [3.8, 4) is 0 Å². The van der Waals surface area contributed by atoms with Gasteiger partial charge < -0.3 is 4.57 Å². The van der Waals surface area contributed by atoms with Crippen LogP contribution in [0.5, 0.6) is 0 Å². The number of hydrogen-bond acceptors (Lipinski definition) is 2. The number of pyridine rings is 2. The van der Waals surface area contributed by atoms with Crippen LogP contribution in [0.1, 0.15) is 5.56 Å². The average molecular weight is 281 g/mol. The highest BCUT2D eigenvalue weighted by Gasteiger charge is 2.13. The second kappa shape index (κ2) is 6.14. The van der Waals surface area contributed by atoms with Crippen molar-refractivity contribution in [1.82, 2.24) is 9.55 Å². The maximum absolute atomic E-state index is 12.7. The van der Waals surface area contributed by atoms with Crippen molar-refractivity contribution in [1.29, 1.82) is 0 Å². The van der Waals surface area contributed by atoms with E-state index in [2.05, 4.69) is 9.98 Å². The summed E-state index contributed by atoms with van der Waals surface area (Å²) in [6.07, 6.45) is -0.231. The summed E-state index contributed by atoms with van der Waals surface area (Å²) >= 11 is 0. The topological polar surface area (TPSA) is 47.2 Å². The lowest BCUT2D eigenvalue weighted by molar-refractivity contribution is -0.128. The standard InChI is InChI=1S/C13H10F3N3O/c14-10-5-4-9(7-17-10)8-19-6-2-1-3-11(19)18-13(20)12(15)16/h1-7,12H,8H2. The summed E-state index contributed by atoms with van der Waals surface area (Å²) in [7, 11) is 0. The number of amides is 1. The Kier molecular flexibility index (Phi) is 4.29. The predicted octanol–water partition coefficient (Wildman–Crippen LogP) is 1.76. The highest BCUT2D eigenvalue weighted by Crippen LogP contribution is 2.01. The molecule has 0 saturated carbocycles. The fourth-order valence-corrected chi connectivity index (χ4v) is 1.56. The molecule has 0 aliphatic heterocycles. The third-order valence-electron chi connectivity index (χ3n) is 2.47. The van der Waals surface area contributed by atoms with E-state index < -0.39 is 18.3 Å². The first-order valence-corrected chi connectivity index (χ1v) is 5.69. The molecule has 0 fully saturated rings. The van der Waals surface area contributed by atoms with E-state index in [1.54, 1.807) is 18.3 Å². The Hall–Kier alpha value is -2.44. The molecule has 1 amide bonds. The Balaban J connectivity index is 2.33. The van der Waals surface area contributed by atoms with Gasteiger partial charge in [0, 0.05) is 12.4 Å². The Morgan fingerprint density at radius 2 is 2.10 bits per heavy atom. The number of carbonyl (C=O) groups excluding carboxylic acids is 1. The van der Waals surface area contributed by atoms with Gasteiger partial charge in [-0.1, -0.05) is 12.1 Å². The van der Waals surface area contributed by atoms with Crippen LogP contribution in [-0.4, -0.2) is 21.9 Å². The van der Waals surface area contributed by atoms with Gasteiger partial charge in [0.1, 0.15) is 5.49 Å². The average Bonchev–Trinajstić information content (AvgIpc) is 2.43. The zero-order valence-corrected chi connectivity index (χ0v) is 10.2. The van der Waals surface area contributed by atoms with Crippen LogP contribution >= 0.6 is 0 Å². The van der Waals surface area contributed by atoms with E-state index in [0.29, 0.717) is 5.56 Å². The molecule has 7 heteroatoms. The van der Waals surface area contributed by atoms with Crippen LogP contribution in [0.4, 0.5) is 13.2 Å². The van der Waals surface area contributed by atoms with Crippen molar-refractivity contribution in [2.24, 2.45) is 4.99 Å². The van der Waals surface area contributed by atoms with Crippen LogP contribution < -0.4 is 5.49 Å². The maximum Gasteiger partial charge on any atom is 0.317 e. The van der Waals surface area contributed by atoms with Crippen molar-refractivity contribution < 1.29 is 18.0 Å². The number of carbonyl (C=O) groups is 1. The molecule has 4 nitrogen and oxygen atoms in total. The van der Waals surface area contributed by atoms with Gasteiger partial charge >= 0.3 is 12.3 Å². The van der Waals surface area contributed by atoms with E-state index in [9.17, 15) is 18.0 Å². The van der Waals surface area contributed by atoms with E-state index >= 15 is 0 Å². The number of alkyl halides is 2. The van der Waals surface area contributed by atoms with Crippen molar-refractivity contribution in [3.63, 3.8) is 0 Å². The SMILES string of the molecule is O=C(N=c1ccccn1Cc1ccc(F)nc1)C(F)F. The molecule has 20 heavy (non-hydrogen) atoms. The van der Waals surface area contributed by atoms with E-state index in [0.717, 1.165) is 0 Å². The van der Waals surface area contributed by atoms with E-state index in [1.807, 2.05) is 0 Å². The first-order valence-electron chi connectivity index (χ1n) is 5.69. The fraction of sp³-hybridized carbons (Fsp3) is 0.154. The van der Waals surface area contributed by atoms with Gasteiger partial charge in [0.2, 0.25) is 5.95 Å². The minimum atomic E-state index is -3.14. The van der Waals surface area contributed by atoms with Gasteiger partial charge in [0.25, 0.3) is 0 Å². The lowest BCUT2D eigenvalue weighted by Gasteiger charge is -2.06. The normalized spacial score (nSPS) is 11.9. The minimum Gasteiger partial charge on any atom is -0.328 e. The molecule has 2 rings (SSSR count). The van der Waals surface area contributed by atoms with E-state index in [-0.39, 0.29) is 12.0 Å². The number of halogens is 3. The van der Waals surface area contributed by atoms with Crippen molar-refractivity contribution >= 4 is 5.91 Å². The summed E-state index contributed by atoms with van der Waals surface area (Å²) in [5, 5.41) is 0. The molecule has 0 aliphatic rings. The lowest BCUT2D eigenvalue weighted by Crippen LogP contribution is -2.23. The first kappa shape index (κ1) is 14.0. The molecule has 0 unspecified atom stereocenters. The fourth-order valence-electron chi connectivity index (χ4n) is 1.56. The van der Waals surface area contributed by atoms with Crippen molar-refractivity contribution in [2.45, 2.75) is 13.0 Å². The molecule has 2 aromatic heterocycles. The van der Waals surface area contributed by atoms with Gasteiger partial charge in [-0.3, -0.25) is 4.79 Å². The predicted molar refractivity (Wildman–Crippen MR) is 64.3 cm³/mol. The molecule has 0 spiro atoms. The summed E-state index contributed by atoms with van der Waals surface area (Å²) in [5.41, 5.74) is 0.755. The monoisotopic (exact) mass is 281 g/mol. The summed E-state index contributed by atoms with van der Waals surface area (Å²) in [6.45, 7) is 0.240. The Morgan fingerprint density at radius 1 is 1.30 bits per heavy atom. The molecule has 2 heterocycles. The smallest absolute Gasteiger partial charge is 0.317 e. The summed E-state index contributed by atoms with van der Waals surface area (Å²) in [6, 6.07) is 7.40. The molecular formula is C13H10F3N3O. The molecule has 0 atom stereocenters. The van der Waals surface area contributed by atoms with Gasteiger partial charge in [-0.05, 0) is 23.8 Å². The summed E-state index contributed by atoms with van der Waals surface area (Å²) in [5.74, 6) is -2.10. The Bertz CT molecular complexity index is 665. The van der Waals surface area contributed by atoms with Gasteiger partial charge in [0.05, 0.1) is 6.54 Å². The molecular weight excluding hydrogens is 271 g/mol. The third-order valence-corrected chi connectivity index (χ3v) is 2.47. The van der Waals surface area contributed by atoms with Crippen LogP contribution in [-0.2, 0) is 11.3 Å². The van der Waals surface area contributed by atoms with Crippen LogP contribution in [0.2, 0.25) is 0 Å². The van der Waals surface area contributed by atoms with E-state index in [4.69, 9.17) is 0 Å². The van der Waals surface area contributed by atoms with Gasteiger partial charge in [0.15, 0.2) is 0 Å². The maximum atomic E-state index is 12.7. The van der Waals surface area contributed by atoms with Gasteiger partial charge in [-0.2, -0.15) is 18.2 Å². The molecule has 0 saturated heterocycles. The van der Waals surface area contributed by atoms with Crippen molar-refractivity contribution in [3.05, 3.63) is 59.7 Å². The number of hydrogen-bond donors (Lipinski definition) is 0. The number of nitrogens with zero attached hydrogens (tertiary/aromatic N) is 3. The van der Waals surface area contributed by atoms with Crippen LogP contribution in [0.3, 0.4) is 0 Å². The van der Waals surface area contributed by atoms with Crippen LogP contribution in [0.15, 0.2) is 47.7 Å². The molecule has 0 aromatic carbocycles. The van der Waals surface area contributed by atoms with Crippen molar-refractivity contribution in [2.75, 3.05) is 0 Å². The zero-order valence-electron chi connectivity index (χ0n) is 10.2. The summed E-state index contributed by atoms with van der Waals surface area (Å²) < 4.78 is 38.6. The second-order valence-corrected chi connectivity index (χ2v) is 3.93. The second-order valence-electron chi connectivity index (χ2n) is 3.93. The largest absolute Gasteiger partial charge is 0.328 e. The molecule has 0 radical (unpaired) electrons. The Labute approximate surface area is 112 Å².